The fourth-order valence-electron chi connectivity index (χ4n) is 3.92. The molecule has 0 radical (unpaired) electrons. The van der Waals surface area contributed by atoms with Crippen molar-refractivity contribution >= 4 is 16.9 Å². The van der Waals surface area contributed by atoms with Gasteiger partial charge in [0, 0.05) is 13.1 Å². The molecule has 174 valence electrons. The molecule has 0 spiro atoms. The lowest BCUT2D eigenvalue weighted by Crippen LogP contribution is -2.48. The first-order valence-corrected chi connectivity index (χ1v) is 11.5. The molecule has 1 amide bonds. The molecule has 0 fully saturated rings. The van der Waals surface area contributed by atoms with Crippen LogP contribution in [0.25, 0.3) is 10.8 Å². The van der Waals surface area contributed by atoms with E-state index >= 15 is 0 Å². The van der Waals surface area contributed by atoms with Crippen LogP contribution in [0.2, 0.25) is 0 Å². The molecule has 0 aliphatic carbocycles. The maximum Gasteiger partial charge on any atom is 0.407 e. The van der Waals surface area contributed by atoms with Crippen LogP contribution in [0.15, 0.2) is 103 Å². The number of amides is 1. The molecule has 5 heteroatoms. The molecule has 0 bridgehead atoms. The molecule has 4 aromatic rings. The fraction of sp³-hybridized carbons (Fsp3) is 0.207. The first-order chi connectivity index (χ1) is 16.7. The lowest BCUT2D eigenvalue weighted by atomic mass is 10.0. The van der Waals surface area contributed by atoms with Gasteiger partial charge in [-0.2, -0.15) is 0 Å². The van der Waals surface area contributed by atoms with Gasteiger partial charge in [-0.15, -0.1) is 0 Å². The number of rotatable bonds is 10. The topological polar surface area (TPSA) is 70.6 Å². The van der Waals surface area contributed by atoms with Crippen LogP contribution in [-0.4, -0.2) is 29.9 Å². The van der Waals surface area contributed by atoms with Crippen LogP contribution in [0.3, 0.4) is 0 Å². The molecular formula is C29H30N2O3. The minimum atomic E-state index is -0.787. The molecule has 5 nitrogen and oxygen atoms in total. The number of nitrogens with one attached hydrogen (secondary N) is 2. The monoisotopic (exact) mass is 454 g/mol. The van der Waals surface area contributed by atoms with Crippen LogP contribution < -0.4 is 10.6 Å². The molecule has 4 rings (SSSR count). The van der Waals surface area contributed by atoms with E-state index in [4.69, 9.17) is 4.74 Å². The van der Waals surface area contributed by atoms with Gasteiger partial charge in [-0.25, -0.2) is 4.79 Å². The second kappa shape index (κ2) is 12.0. The van der Waals surface area contributed by atoms with Gasteiger partial charge in [-0.05, 0) is 39.9 Å². The Morgan fingerprint density at radius 1 is 0.765 bits per heavy atom. The minimum absolute atomic E-state index is 0.182. The van der Waals surface area contributed by atoms with Gasteiger partial charge in [0.15, 0.2) is 0 Å². The lowest BCUT2D eigenvalue weighted by Gasteiger charge is -2.24. The molecular weight excluding hydrogens is 424 g/mol. The number of alkyl carbamates (subject to hydrolysis) is 1. The quantitative estimate of drug-likeness (QED) is 0.321. The molecule has 2 atom stereocenters. The number of benzene rings is 4. The number of fused-ring (bicyclic) bond motifs is 1. The van der Waals surface area contributed by atoms with Crippen LogP contribution in [0, 0.1) is 0 Å². The Morgan fingerprint density at radius 3 is 2.15 bits per heavy atom. The third kappa shape index (κ3) is 6.91. The average Bonchev–Trinajstić information content (AvgIpc) is 2.88. The van der Waals surface area contributed by atoms with Crippen molar-refractivity contribution in [1.82, 2.24) is 10.6 Å². The number of hydrogen-bond acceptors (Lipinski definition) is 4. The SMILES string of the molecule is O=C(N[C@@H](Cc1ccccc1)[C@H](O)CNCc1ccc2ccccc2c1)OCc1ccccc1. The summed E-state index contributed by atoms with van der Waals surface area (Å²) >= 11 is 0. The summed E-state index contributed by atoms with van der Waals surface area (Å²) in [4.78, 5) is 12.5. The van der Waals surface area contributed by atoms with Crippen molar-refractivity contribution in [2.75, 3.05) is 6.54 Å². The molecule has 0 saturated carbocycles. The standard InChI is InChI=1S/C29H30N2O3/c32-28(20-30-19-24-15-16-25-13-7-8-14-26(25)17-24)27(18-22-9-3-1-4-10-22)31-29(33)34-21-23-11-5-2-6-12-23/h1-17,27-28,30,32H,18-21H2,(H,31,33)/t27-,28+/m0/s1. The van der Waals surface area contributed by atoms with Crippen molar-refractivity contribution in [2.24, 2.45) is 0 Å². The molecule has 0 unspecified atom stereocenters. The molecule has 34 heavy (non-hydrogen) atoms. The van der Waals surface area contributed by atoms with Gasteiger partial charge in [-0.3, -0.25) is 0 Å². The number of hydrogen-bond donors (Lipinski definition) is 3. The normalized spacial score (nSPS) is 12.7. The average molecular weight is 455 g/mol. The highest BCUT2D eigenvalue weighted by Gasteiger charge is 2.22. The van der Waals surface area contributed by atoms with Crippen molar-refractivity contribution in [3.05, 3.63) is 120 Å². The summed E-state index contributed by atoms with van der Waals surface area (Å²) in [5, 5.41) is 19.5. The summed E-state index contributed by atoms with van der Waals surface area (Å²) in [5.41, 5.74) is 3.08. The zero-order chi connectivity index (χ0) is 23.6. The Labute approximate surface area is 200 Å². The van der Waals surface area contributed by atoms with Crippen molar-refractivity contribution < 1.29 is 14.6 Å². The summed E-state index contributed by atoms with van der Waals surface area (Å²) < 4.78 is 5.38. The van der Waals surface area contributed by atoms with E-state index in [1.807, 2.05) is 72.8 Å². The predicted octanol–water partition coefficient (Wildman–Crippen LogP) is 4.83. The maximum absolute atomic E-state index is 12.5. The third-order valence-corrected chi connectivity index (χ3v) is 5.78. The minimum Gasteiger partial charge on any atom is -0.445 e. The van der Waals surface area contributed by atoms with Gasteiger partial charge in [0.2, 0.25) is 0 Å². The van der Waals surface area contributed by atoms with E-state index < -0.39 is 18.2 Å². The summed E-state index contributed by atoms with van der Waals surface area (Å²) in [6.45, 7) is 1.14. The Bertz CT molecular complexity index is 1180. The van der Waals surface area contributed by atoms with Crippen LogP contribution in [0.4, 0.5) is 4.79 Å². The van der Waals surface area contributed by atoms with E-state index in [0.717, 1.165) is 16.7 Å². The van der Waals surface area contributed by atoms with Gasteiger partial charge in [0.1, 0.15) is 6.61 Å². The van der Waals surface area contributed by atoms with Gasteiger partial charge < -0.3 is 20.5 Å². The number of carbonyl (C=O) groups is 1. The van der Waals surface area contributed by atoms with Gasteiger partial charge in [0.05, 0.1) is 12.1 Å². The highest BCUT2D eigenvalue weighted by Crippen LogP contribution is 2.15. The lowest BCUT2D eigenvalue weighted by molar-refractivity contribution is 0.100. The Balaban J connectivity index is 1.34. The van der Waals surface area contributed by atoms with Crippen molar-refractivity contribution in [3.8, 4) is 0 Å². The van der Waals surface area contributed by atoms with E-state index in [2.05, 4.69) is 41.0 Å². The van der Waals surface area contributed by atoms with Gasteiger partial charge >= 0.3 is 6.09 Å². The zero-order valence-electron chi connectivity index (χ0n) is 19.1. The molecule has 3 N–H and O–H groups in total. The largest absolute Gasteiger partial charge is 0.445 e. The molecule has 0 heterocycles. The van der Waals surface area contributed by atoms with Crippen LogP contribution >= 0.6 is 0 Å². The summed E-state index contributed by atoms with van der Waals surface area (Å²) in [5.74, 6) is 0. The van der Waals surface area contributed by atoms with E-state index in [0.29, 0.717) is 19.5 Å². The Hall–Kier alpha value is -3.67. The number of carbonyl (C=O) groups excluding carboxylic acids is 1. The van der Waals surface area contributed by atoms with E-state index in [9.17, 15) is 9.90 Å². The number of aliphatic hydroxyl groups is 1. The Kier molecular flexibility index (Phi) is 8.27. The molecule has 0 aliphatic rings. The van der Waals surface area contributed by atoms with Crippen molar-refractivity contribution in [2.45, 2.75) is 31.7 Å². The van der Waals surface area contributed by atoms with Crippen molar-refractivity contribution in [3.63, 3.8) is 0 Å². The van der Waals surface area contributed by atoms with E-state index in [-0.39, 0.29) is 6.61 Å². The summed E-state index contributed by atoms with van der Waals surface area (Å²) in [6.07, 6.45) is -0.830. The summed E-state index contributed by atoms with van der Waals surface area (Å²) in [7, 11) is 0. The Morgan fingerprint density at radius 2 is 1.41 bits per heavy atom. The second-order valence-corrected chi connectivity index (χ2v) is 8.38. The smallest absolute Gasteiger partial charge is 0.407 e. The maximum atomic E-state index is 12.5. The number of ether oxygens (including phenoxy) is 1. The van der Waals surface area contributed by atoms with Gasteiger partial charge in [-0.1, -0.05) is 97.1 Å². The fourth-order valence-corrected chi connectivity index (χ4v) is 3.92. The molecule has 0 aliphatic heterocycles. The van der Waals surface area contributed by atoms with E-state index in [1.54, 1.807) is 0 Å². The third-order valence-electron chi connectivity index (χ3n) is 5.78. The predicted molar refractivity (Wildman–Crippen MR) is 135 cm³/mol. The van der Waals surface area contributed by atoms with Crippen LogP contribution in [0.5, 0.6) is 0 Å². The molecule has 4 aromatic carbocycles. The first-order valence-electron chi connectivity index (χ1n) is 11.5. The van der Waals surface area contributed by atoms with Crippen molar-refractivity contribution in [1.29, 1.82) is 0 Å². The zero-order valence-corrected chi connectivity index (χ0v) is 19.1. The highest BCUT2D eigenvalue weighted by atomic mass is 16.5. The van der Waals surface area contributed by atoms with Gasteiger partial charge in [0.25, 0.3) is 0 Å². The second-order valence-electron chi connectivity index (χ2n) is 8.38. The molecule has 0 saturated heterocycles. The highest BCUT2D eigenvalue weighted by molar-refractivity contribution is 5.82. The molecule has 0 aromatic heterocycles. The van der Waals surface area contributed by atoms with Crippen LogP contribution in [-0.2, 0) is 24.3 Å². The number of aliphatic hydroxyl groups excluding tert-OH is 1. The first kappa shape index (κ1) is 23.5. The van der Waals surface area contributed by atoms with Crippen LogP contribution in [0.1, 0.15) is 16.7 Å². The summed E-state index contributed by atoms with van der Waals surface area (Å²) in [6, 6.07) is 33.4. The van der Waals surface area contributed by atoms with E-state index in [1.165, 1.54) is 10.8 Å².